The Kier molecular flexibility index (Phi) is 8.13. The van der Waals surface area contributed by atoms with Crippen LogP contribution in [0.25, 0.3) is 0 Å². The molecule has 0 saturated carbocycles. The van der Waals surface area contributed by atoms with Crippen LogP contribution in [0.2, 0.25) is 0 Å². The molecule has 8 N–H and O–H groups in total. The van der Waals surface area contributed by atoms with Crippen molar-refractivity contribution in [3.8, 4) is 23.0 Å². The van der Waals surface area contributed by atoms with Gasteiger partial charge in [-0.15, -0.1) is 0 Å². The minimum absolute atomic E-state index is 0.0633. The van der Waals surface area contributed by atoms with Crippen LogP contribution in [-0.2, 0) is 14.2 Å². The molecular formula is C27H32O14. The van der Waals surface area contributed by atoms with E-state index in [-0.39, 0.29) is 22.8 Å². The average molecular weight is 581 g/mol. The van der Waals surface area contributed by atoms with E-state index < -0.39 is 85.2 Å². The maximum absolute atomic E-state index is 13.7. The number of aliphatic hydroxyl groups is 6. The van der Waals surface area contributed by atoms with E-state index in [1.165, 1.54) is 44.2 Å². The van der Waals surface area contributed by atoms with Crippen molar-refractivity contribution in [2.45, 2.75) is 87.5 Å². The van der Waals surface area contributed by atoms with Gasteiger partial charge in [0.2, 0.25) is 12.1 Å². The smallest absolute Gasteiger partial charge is 0.229 e. The predicted octanol–water partition coefficient (Wildman–Crippen LogP) is -1.17. The first-order valence-corrected chi connectivity index (χ1v) is 13.0. The number of carbonyl (C=O) groups is 1. The molecule has 0 radical (unpaired) electrons. The molecule has 0 amide bonds. The lowest BCUT2D eigenvalue weighted by Crippen LogP contribution is -2.59. The minimum Gasteiger partial charge on any atom is -0.508 e. The second-order valence-corrected chi connectivity index (χ2v) is 10.3. The van der Waals surface area contributed by atoms with Gasteiger partial charge in [0.1, 0.15) is 65.2 Å². The van der Waals surface area contributed by atoms with Gasteiger partial charge in [-0.05, 0) is 31.5 Å². The highest BCUT2D eigenvalue weighted by molar-refractivity contribution is 6.05. The van der Waals surface area contributed by atoms with Gasteiger partial charge in [-0.25, -0.2) is 0 Å². The van der Waals surface area contributed by atoms with Crippen molar-refractivity contribution in [2.24, 2.45) is 0 Å². The van der Waals surface area contributed by atoms with Crippen LogP contribution >= 0.6 is 0 Å². The molecule has 12 unspecified atom stereocenters. The van der Waals surface area contributed by atoms with Gasteiger partial charge in [0.25, 0.3) is 0 Å². The molecule has 14 heteroatoms. The summed E-state index contributed by atoms with van der Waals surface area (Å²) >= 11 is 0. The quantitative estimate of drug-likeness (QED) is 0.209. The zero-order chi connectivity index (χ0) is 29.7. The molecule has 12 atom stereocenters. The monoisotopic (exact) mass is 580 g/mol. The van der Waals surface area contributed by atoms with E-state index >= 15 is 0 Å². The van der Waals surface area contributed by atoms with E-state index in [0.29, 0.717) is 5.56 Å². The standard InChI is InChI=1S/C27H32O14/c1-9-17(30)20(33)22(35)26(37-9)39-13-7-14(29)16-15(8-13)40-24(11-3-5-12(28)6-4-11)25(19(16)32)41-27-23(36)21(34)18(31)10(2)38-27/h3-10,17-18,20-31,33-36H,1-2H3. The number of Topliss-reactive ketones (excluding diaryl/α,β-unsaturated/α-hetero) is 1. The number of rotatable bonds is 5. The number of hydrogen-bond donors (Lipinski definition) is 8. The summed E-state index contributed by atoms with van der Waals surface area (Å²) in [5.41, 5.74) is 0.0544. The van der Waals surface area contributed by atoms with E-state index in [4.69, 9.17) is 23.7 Å². The van der Waals surface area contributed by atoms with Crippen LogP contribution < -0.4 is 9.47 Å². The van der Waals surface area contributed by atoms with Gasteiger partial charge < -0.3 is 64.5 Å². The van der Waals surface area contributed by atoms with Gasteiger partial charge in [0.05, 0.1) is 12.2 Å². The molecule has 3 heterocycles. The first-order chi connectivity index (χ1) is 19.4. The molecule has 0 spiro atoms. The van der Waals surface area contributed by atoms with Gasteiger partial charge in [-0.2, -0.15) is 0 Å². The molecule has 0 aliphatic carbocycles. The van der Waals surface area contributed by atoms with Crippen molar-refractivity contribution in [1.29, 1.82) is 0 Å². The van der Waals surface area contributed by atoms with Crippen LogP contribution in [0.1, 0.15) is 35.9 Å². The van der Waals surface area contributed by atoms with Crippen molar-refractivity contribution in [3.05, 3.63) is 47.5 Å². The highest BCUT2D eigenvalue weighted by Gasteiger charge is 2.49. The highest BCUT2D eigenvalue weighted by Crippen LogP contribution is 2.44. The van der Waals surface area contributed by atoms with Crippen LogP contribution in [0.15, 0.2) is 36.4 Å². The number of phenols is 2. The molecule has 3 aliphatic rings. The fourth-order valence-electron chi connectivity index (χ4n) is 5.02. The summed E-state index contributed by atoms with van der Waals surface area (Å²) in [5, 5.41) is 81.6. The predicted molar refractivity (Wildman–Crippen MR) is 134 cm³/mol. The summed E-state index contributed by atoms with van der Waals surface area (Å²) < 4.78 is 28.5. The van der Waals surface area contributed by atoms with Crippen LogP contribution in [0.5, 0.6) is 23.0 Å². The second-order valence-electron chi connectivity index (χ2n) is 10.3. The minimum atomic E-state index is -1.72. The van der Waals surface area contributed by atoms with Crippen molar-refractivity contribution < 1.29 is 69.3 Å². The number of aromatic hydroxyl groups is 2. The Balaban J connectivity index is 1.47. The topological polar surface area (TPSA) is 225 Å². The average Bonchev–Trinajstić information content (AvgIpc) is 2.93. The molecule has 2 aromatic rings. The summed E-state index contributed by atoms with van der Waals surface area (Å²) in [6.07, 6.45) is -16.9. The van der Waals surface area contributed by atoms with Gasteiger partial charge in [0, 0.05) is 12.1 Å². The Morgan fingerprint density at radius 3 is 1.90 bits per heavy atom. The number of hydrogen-bond acceptors (Lipinski definition) is 14. The van der Waals surface area contributed by atoms with Crippen molar-refractivity contribution in [2.75, 3.05) is 0 Å². The Morgan fingerprint density at radius 1 is 0.732 bits per heavy atom. The molecular weight excluding hydrogens is 548 g/mol. The number of ketones is 1. The van der Waals surface area contributed by atoms with Gasteiger partial charge in [-0.1, -0.05) is 12.1 Å². The Labute approximate surface area is 233 Å². The molecule has 41 heavy (non-hydrogen) atoms. The molecule has 14 nitrogen and oxygen atoms in total. The van der Waals surface area contributed by atoms with E-state index in [1.807, 2.05) is 0 Å². The van der Waals surface area contributed by atoms with Gasteiger partial charge in [0.15, 0.2) is 18.5 Å². The van der Waals surface area contributed by atoms with E-state index in [9.17, 15) is 45.6 Å². The summed E-state index contributed by atoms with van der Waals surface area (Å²) in [5.74, 6) is -1.68. The molecule has 2 aromatic carbocycles. The van der Waals surface area contributed by atoms with Gasteiger partial charge >= 0.3 is 0 Å². The summed E-state index contributed by atoms with van der Waals surface area (Å²) in [6, 6.07) is 7.95. The zero-order valence-electron chi connectivity index (χ0n) is 21.9. The van der Waals surface area contributed by atoms with Crippen LogP contribution in [0.3, 0.4) is 0 Å². The zero-order valence-corrected chi connectivity index (χ0v) is 21.9. The first kappa shape index (κ1) is 29.4. The maximum atomic E-state index is 13.7. The number of aliphatic hydroxyl groups excluding tert-OH is 6. The normalized spacial score (nSPS) is 39.1. The van der Waals surface area contributed by atoms with Crippen molar-refractivity contribution in [1.82, 2.24) is 0 Å². The van der Waals surface area contributed by atoms with E-state index in [2.05, 4.69) is 0 Å². The lowest BCUT2D eigenvalue weighted by Gasteiger charge is -2.42. The third-order valence-corrected chi connectivity index (χ3v) is 7.46. The fraction of sp³-hybridized carbons (Fsp3) is 0.519. The Hall–Kier alpha value is -3.05. The highest BCUT2D eigenvalue weighted by atomic mass is 16.7. The molecule has 3 aliphatic heterocycles. The molecule has 2 saturated heterocycles. The van der Waals surface area contributed by atoms with Crippen LogP contribution in [0.4, 0.5) is 0 Å². The Bertz CT molecular complexity index is 1250. The lowest BCUT2D eigenvalue weighted by atomic mass is 9.92. The number of fused-ring (bicyclic) bond motifs is 1. The summed E-state index contributed by atoms with van der Waals surface area (Å²) in [4.78, 5) is 13.7. The number of benzene rings is 2. The summed E-state index contributed by atoms with van der Waals surface area (Å²) in [7, 11) is 0. The van der Waals surface area contributed by atoms with Crippen molar-refractivity contribution >= 4 is 5.78 Å². The van der Waals surface area contributed by atoms with Crippen LogP contribution in [-0.4, -0.2) is 114 Å². The third-order valence-electron chi connectivity index (χ3n) is 7.46. The fourth-order valence-corrected chi connectivity index (χ4v) is 5.02. The number of ether oxygens (including phenoxy) is 5. The molecule has 224 valence electrons. The lowest BCUT2D eigenvalue weighted by molar-refractivity contribution is -0.304. The largest absolute Gasteiger partial charge is 0.508 e. The first-order valence-electron chi connectivity index (χ1n) is 13.0. The maximum Gasteiger partial charge on any atom is 0.229 e. The van der Waals surface area contributed by atoms with Gasteiger partial charge in [-0.3, -0.25) is 4.79 Å². The Morgan fingerprint density at radius 2 is 1.29 bits per heavy atom. The van der Waals surface area contributed by atoms with E-state index in [1.54, 1.807) is 0 Å². The molecule has 2 fully saturated rings. The number of phenolic OH excluding ortho intramolecular Hbond substituents is 2. The molecule has 0 bridgehead atoms. The third kappa shape index (κ3) is 5.46. The number of carbonyl (C=O) groups excluding carboxylic acids is 1. The summed E-state index contributed by atoms with van der Waals surface area (Å²) in [6.45, 7) is 2.92. The van der Waals surface area contributed by atoms with Crippen LogP contribution in [0, 0.1) is 0 Å². The SMILES string of the molecule is CC1OC(Oc2cc(O)c3c(c2)OC(c2ccc(O)cc2)C(OC2OC(C)C(O)C(O)C2O)C3=O)C(O)C(O)C1O. The molecule has 0 aromatic heterocycles. The van der Waals surface area contributed by atoms with Crippen molar-refractivity contribution in [3.63, 3.8) is 0 Å². The second kappa shape index (κ2) is 11.3. The van der Waals surface area contributed by atoms with E-state index in [0.717, 1.165) is 6.07 Å². The molecule has 5 rings (SSSR count).